The van der Waals surface area contributed by atoms with Crippen LogP contribution in [0.5, 0.6) is 0 Å². The summed E-state index contributed by atoms with van der Waals surface area (Å²) in [5.41, 5.74) is 0. The lowest BCUT2D eigenvalue weighted by atomic mass is 10.3. The molecule has 0 bridgehead atoms. The molecular formula is C10H19NO4. The summed E-state index contributed by atoms with van der Waals surface area (Å²) in [6.45, 7) is 6.06. The Balaban J connectivity index is 3.56. The van der Waals surface area contributed by atoms with Crippen molar-refractivity contribution in [2.75, 3.05) is 26.9 Å². The number of nitrogens with one attached hydrogen (secondary N) is 1. The largest absolute Gasteiger partial charge is 0.468 e. The van der Waals surface area contributed by atoms with Gasteiger partial charge in [0, 0.05) is 6.54 Å². The molecule has 0 aromatic rings. The predicted molar refractivity (Wildman–Crippen MR) is 56.5 cm³/mol. The number of esters is 1. The number of hydrogen-bond acceptors (Lipinski definition) is 5. The highest BCUT2D eigenvalue weighted by Gasteiger charge is 2.13. The number of aliphatic hydroxyl groups excluding tert-OH is 1. The molecule has 5 nitrogen and oxygen atoms in total. The molecule has 0 aliphatic rings. The van der Waals surface area contributed by atoms with E-state index in [1.165, 1.54) is 7.11 Å². The molecule has 0 amide bonds. The van der Waals surface area contributed by atoms with Crippen molar-refractivity contribution in [2.24, 2.45) is 0 Å². The molecule has 2 atom stereocenters. The molecule has 0 spiro atoms. The molecule has 0 aliphatic carbocycles. The minimum atomic E-state index is -0.642. The second-order valence-corrected chi connectivity index (χ2v) is 3.13. The highest BCUT2D eigenvalue weighted by molar-refractivity contribution is 5.75. The molecule has 15 heavy (non-hydrogen) atoms. The van der Waals surface area contributed by atoms with Crippen LogP contribution >= 0.6 is 0 Å². The molecule has 5 heteroatoms. The highest BCUT2D eigenvalue weighted by Crippen LogP contribution is 1.89. The summed E-state index contributed by atoms with van der Waals surface area (Å²) in [5.74, 6) is -0.353. The number of rotatable bonds is 8. The molecular weight excluding hydrogens is 198 g/mol. The zero-order valence-corrected chi connectivity index (χ0v) is 9.23. The molecule has 0 heterocycles. The van der Waals surface area contributed by atoms with Crippen LogP contribution in [-0.2, 0) is 14.3 Å². The molecule has 0 radical (unpaired) electrons. The average Bonchev–Trinajstić information content (AvgIpc) is 2.25. The number of ether oxygens (including phenoxy) is 2. The topological polar surface area (TPSA) is 67.8 Å². The van der Waals surface area contributed by atoms with Crippen molar-refractivity contribution in [3.05, 3.63) is 12.7 Å². The average molecular weight is 217 g/mol. The minimum absolute atomic E-state index is 0.215. The summed E-state index contributed by atoms with van der Waals surface area (Å²) >= 11 is 0. The number of carbonyl (C=O) groups is 1. The molecule has 0 saturated carbocycles. The zero-order valence-electron chi connectivity index (χ0n) is 9.23. The lowest BCUT2D eigenvalue weighted by Gasteiger charge is -2.15. The van der Waals surface area contributed by atoms with E-state index >= 15 is 0 Å². The van der Waals surface area contributed by atoms with Gasteiger partial charge in [0.1, 0.15) is 6.04 Å². The van der Waals surface area contributed by atoms with Crippen molar-refractivity contribution in [3.63, 3.8) is 0 Å². The molecule has 2 unspecified atom stereocenters. The Morgan fingerprint density at radius 3 is 2.87 bits per heavy atom. The fourth-order valence-electron chi connectivity index (χ4n) is 0.919. The van der Waals surface area contributed by atoms with Gasteiger partial charge in [0.05, 0.1) is 26.4 Å². The first-order chi connectivity index (χ1) is 7.11. The molecule has 0 rings (SSSR count). The number of aliphatic hydroxyl groups is 1. The first kappa shape index (κ1) is 14.1. The Hall–Kier alpha value is -0.910. The fourth-order valence-corrected chi connectivity index (χ4v) is 0.919. The number of hydrogen-bond donors (Lipinski definition) is 2. The third-order valence-electron chi connectivity index (χ3n) is 1.76. The van der Waals surface area contributed by atoms with E-state index in [9.17, 15) is 9.90 Å². The van der Waals surface area contributed by atoms with Crippen molar-refractivity contribution in [3.8, 4) is 0 Å². The Morgan fingerprint density at radius 1 is 1.67 bits per heavy atom. The summed E-state index contributed by atoms with van der Waals surface area (Å²) in [6.07, 6.45) is 0.967. The van der Waals surface area contributed by atoms with Gasteiger partial charge in [0.15, 0.2) is 0 Å². The maximum absolute atomic E-state index is 11.0. The smallest absolute Gasteiger partial charge is 0.322 e. The van der Waals surface area contributed by atoms with Crippen LogP contribution in [0.3, 0.4) is 0 Å². The third-order valence-corrected chi connectivity index (χ3v) is 1.76. The van der Waals surface area contributed by atoms with Crippen molar-refractivity contribution in [1.29, 1.82) is 0 Å². The number of carbonyl (C=O) groups excluding carboxylic acids is 1. The van der Waals surface area contributed by atoms with Gasteiger partial charge in [0.25, 0.3) is 0 Å². The summed E-state index contributed by atoms with van der Waals surface area (Å²) in [7, 11) is 1.32. The Bertz CT molecular complexity index is 196. The molecule has 0 saturated heterocycles. The molecule has 0 aromatic heterocycles. The van der Waals surface area contributed by atoms with Gasteiger partial charge in [-0.25, -0.2) is 0 Å². The third kappa shape index (κ3) is 7.07. The summed E-state index contributed by atoms with van der Waals surface area (Å²) in [4.78, 5) is 11.0. The standard InChI is InChI=1S/C10H19NO4/c1-4-5-15-7-9(12)6-11-8(2)10(13)14-3/h4,8-9,11-12H,1,5-7H2,2-3H3. The Morgan fingerprint density at radius 2 is 2.33 bits per heavy atom. The Labute approximate surface area is 90.1 Å². The predicted octanol–water partition coefficient (Wildman–Crippen LogP) is -0.299. The highest BCUT2D eigenvalue weighted by atomic mass is 16.5. The van der Waals surface area contributed by atoms with Gasteiger partial charge in [-0.3, -0.25) is 4.79 Å². The van der Waals surface area contributed by atoms with Crippen molar-refractivity contribution >= 4 is 5.97 Å². The van der Waals surface area contributed by atoms with Gasteiger partial charge in [-0.15, -0.1) is 6.58 Å². The zero-order chi connectivity index (χ0) is 11.7. The number of methoxy groups -OCH3 is 1. The van der Waals surface area contributed by atoms with Crippen molar-refractivity contribution < 1.29 is 19.4 Å². The summed E-state index contributed by atoms with van der Waals surface area (Å²) in [6, 6.07) is -0.427. The van der Waals surface area contributed by atoms with Crippen LogP contribution in [0.1, 0.15) is 6.92 Å². The molecule has 88 valence electrons. The van der Waals surface area contributed by atoms with E-state index in [-0.39, 0.29) is 19.1 Å². The van der Waals surface area contributed by atoms with Crippen molar-refractivity contribution in [2.45, 2.75) is 19.1 Å². The van der Waals surface area contributed by atoms with Crippen LogP contribution in [-0.4, -0.2) is 50.1 Å². The van der Waals surface area contributed by atoms with E-state index in [0.717, 1.165) is 0 Å². The fraction of sp³-hybridized carbons (Fsp3) is 0.700. The summed E-state index contributed by atoms with van der Waals surface area (Å²) in [5, 5.41) is 12.2. The molecule has 2 N–H and O–H groups in total. The maximum atomic E-state index is 11.0. The quantitative estimate of drug-likeness (QED) is 0.332. The van der Waals surface area contributed by atoms with Gasteiger partial charge in [0.2, 0.25) is 0 Å². The van der Waals surface area contributed by atoms with Gasteiger partial charge in [-0.2, -0.15) is 0 Å². The molecule has 0 aromatic carbocycles. The lowest BCUT2D eigenvalue weighted by Crippen LogP contribution is -2.40. The second kappa shape index (κ2) is 8.40. The van der Waals surface area contributed by atoms with E-state index in [2.05, 4.69) is 16.6 Å². The van der Waals surface area contributed by atoms with Crippen LogP contribution in [0.4, 0.5) is 0 Å². The van der Waals surface area contributed by atoms with Gasteiger partial charge >= 0.3 is 5.97 Å². The van der Waals surface area contributed by atoms with E-state index < -0.39 is 12.1 Å². The maximum Gasteiger partial charge on any atom is 0.322 e. The van der Waals surface area contributed by atoms with Crippen LogP contribution in [0.2, 0.25) is 0 Å². The van der Waals surface area contributed by atoms with Crippen LogP contribution in [0.25, 0.3) is 0 Å². The molecule has 0 aliphatic heterocycles. The Kier molecular flexibility index (Phi) is 7.89. The normalized spacial score (nSPS) is 14.3. The van der Waals surface area contributed by atoms with Gasteiger partial charge in [-0.1, -0.05) is 6.08 Å². The monoisotopic (exact) mass is 217 g/mol. The van der Waals surface area contributed by atoms with Crippen LogP contribution in [0.15, 0.2) is 12.7 Å². The van der Waals surface area contributed by atoms with E-state index in [4.69, 9.17) is 4.74 Å². The van der Waals surface area contributed by atoms with E-state index in [0.29, 0.717) is 6.61 Å². The van der Waals surface area contributed by atoms with E-state index in [1.54, 1.807) is 13.0 Å². The first-order valence-electron chi connectivity index (χ1n) is 4.79. The van der Waals surface area contributed by atoms with Crippen molar-refractivity contribution in [1.82, 2.24) is 5.32 Å². The van der Waals surface area contributed by atoms with Gasteiger partial charge in [-0.05, 0) is 6.92 Å². The SMILES string of the molecule is C=CCOCC(O)CNC(C)C(=O)OC. The lowest BCUT2D eigenvalue weighted by molar-refractivity contribution is -0.142. The van der Waals surface area contributed by atoms with E-state index in [1.807, 2.05) is 0 Å². The molecule has 0 fully saturated rings. The minimum Gasteiger partial charge on any atom is -0.468 e. The van der Waals surface area contributed by atoms with Crippen LogP contribution in [0, 0.1) is 0 Å². The summed E-state index contributed by atoms with van der Waals surface area (Å²) < 4.78 is 9.55. The first-order valence-corrected chi connectivity index (χ1v) is 4.79. The second-order valence-electron chi connectivity index (χ2n) is 3.13. The van der Waals surface area contributed by atoms with Crippen LogP contribution < -0.4 is 5.32 Å². The van der Waals surface area contributed by atoms with Gasteiger partial charge < -0.3 is 19.9 Å².